The highest BCUT2D eigenvalue weighted by molar-refractivity contribution is 4.77. The highest BCUT2D eigenvalue weighted by Gasteiger charge is 2.27. The van der Waals surface area contributed by atoms with E-state index in [0.717, 1.165) is 6.42 Å². The summed E-state index contributed by atoms with van der Waals surface area (Å²) in [6, 6.07) is 0. The van der Waals surface area contributed by atoms with Crippen LogP contribution in [0.1, 0.15) is 33.1 Å². The lowest BCUT2D eigenvalue weighted by molar-refractivity contribution is -0.0682. The monoisotopic (exact) mass is 202 g/mol. The summed E-state index contributed by atoms with van der Waals surface area (Å²) >= 11 is 0. The van der Waals surface area contributed by atoms with Gasteiger partial charge in [0, 0.05) is 0 Å². The minimum Gasteiger partial charge on any atom is -0.394 e. The van der Waals surface area contributed by atoms with Crippen molar-refractivity contribution >= 4 is 0 Å². The van der Waals surface area contributed by atoms with Crippen molar-refractivity contribution in [2.24, 2.45) is 11.8 Å². The van der Waals surface area contributed by atoms with E-state index in [-0.39, 0.29) is 19.3 Å². The van der Waals surface area contributed by atoms with E-state index in [4.69, 9.17) is 14.9 Å². The van der Waals surface area contributed by atoms with Gasteiger partial charge in [-0.05, 0) is 18.3 Å². The Bertz CT molecular complexity index is 161. The topological polar surface area (TPSA) is 49.7 Å². The van der Waals surface area contributed by atoms with Gasteiger partial charge in [0.05, 0.1) is 19.3 Å². The van der Waals surface area contributed by atoms with Crippen LogP contribution in [0.4, 0.5) is 0 Å². The standard InChI is InChI=1S/C11H22O3/c1-8-4-3-5-11(9(8)2)14-7-10(13)6-12/h8-13H,3-7H2,1-2H3. The molecular formula is C11H22O3. The molecule has 0 aromatic rings. The van der Waals surface area contributed by atoms with Gasteiger partial charge in [-0.3, -0.25) is 0 Å². The van der Waals surface area contributed by atoms with E-state index < -0.39 is 6.10 Å². The summed E-state index contributed by atoms with van der Waals surface area (Å²) in [5.41, 5.74) is 0. The molecule has 0 saturated heterocycles. The van der Waals surface area contributed by atoms with Gasteiger partial charge in [-0.1, -0.05) is 26.7 Å². The normalized spacial score (nSPS) is 35.6. The maximum absolute atomic E-state index is 9.17. The Balaban J connectivity index is 2.28. The second-order valence-corrected chi connectivity index (χ2v) is 4.48. The van der Waals surface area contributed by atoms with Crippen molar-refractivity contribution in [3.05, 3.63) is 0 Å². The zero-order valence-corrected chi connectivity index (χ0v) is 9.15. The second kappa shape index (κ2) is 5.69. The van der Waals surface area contributed by atoms with Crippen LogP contribution in [0.5, 0.6) is 0 Å². The summed E-state index contributed by atoms with van der Waals surface area (Å²) < 4.78 is 5.61. The number of hydrogen-bond acceptors (Lipinski definition) is 3. The second-order valence-electron chi connectivity index (χ2n) is 4.48. The molecule has 1 aliphatic rings. The first-order valence-electron chi connectivity index (χ1n) is 5.55. The van der Waals surface area contributed by atoms with Gasteiger partial charge >= 0.3 is 0 Å². The van der Waals surface area contributed by atoms with Crippen LogP contribution in [0.3, 0.4) is 0 Å². The van der Waals surface area contributed by atoms with Gasteiger partial charge in [-0.2, -0.15) is 0 Å². The molecule has 0 aliphatic heterocycles. The van der Waals surface area contributed by atoms with Gasteiger partial charge in [0.1, 0.15) is 6.10 Å². The predicted molar refractivity (Wildman–Crippen MR) is 55.0 cm³/mol. The van der Waals surface area contributed by atoms with E-state index in [1.807, 2.05) is 0 Å². The minimum absolute atomic E-state index is 0.212. The molecule has 0 bridgehead atoms. The van der Waals surface area contributed by atoms with Crippen molar-refractivity contribution in [2.75, 3.05) is 13.2 Å². The zero-order chi connectivity index (χ0) is 10.6. The first-order chi connectivity index (χ1) is 6.65. The first-order valence-corrected chi connectivity index (χ1v) is 5.55. The average Bonchev–Trinajstić information content (AvgIpc) is 2.20. The molecule has 0 amide bonds. The summed E-state index contributed by atoms with van der Waals surface area (Å²) in [7, 11) is 0. The molecular weight excluding hydrogens is 180 g/mol. The molecule has 14 heavy (non-hydrogen) atoms. The summed E-state index contributed by atoms with van der Waals surface area (Å²) in [6.07, 6.45) is 3.12. The molecule has 3 nitrogen and oxygen atoms in total. The lowest BCUT2D eigenvalue weighted by Gasteiger charge is -2.34. The molecule has 0 radical (unpaired) electrons. The van der Waals surface area contributed by atoms with E-state index in [1.165, 1.54) is 12.8 Å². The molecule has 4 atom stereocenters. The summed E-state index contributed by atoms with van der Waals surface area (Å²) in [5.74, 6) is 1.27. The molecule has 1 saturated carbocycles. The maximum Gasteiger partial charge on any atom is 0.100 e. The SMILES string of the molecule is CC1CCCC(OCC(O)CO)C1C. The Morgan fingerprint density at radius 2 is 2.07 bits per heavy atom. The van der Waals surface area contributed by atoms with E-state index in [0.29, 0.717) is 11.8 Å². The molecule has 3 heteroatoms. The van der Waals surface area contributed by atoms with E-state index in [2.05, 4.69) is 13.8 Å². The third-order valence-electron chi connectivity index (χ3n) is 3.35. The maximum atomic E-state index is 9.17. The van der Waals surface area contributed by atoms with Crippen LogP contribution >= 0.6 is 0 Å². The molecule has 1 rings (SSSR count). The van der Waals surface area contributed by atoms with Crippen LogP contribution in [0.15, 0.2) is 0 Å². The molecule has 4 unspecified atom stereocenters. The first kappa shape index (κ1) is 12.0. The largest absolute Gasteiger partial charge is 0.394 e. The molecule has 1 fully saturated rings. The molecule has 2 N–H and O–H groups in total. The lowest BCUT2D eigenvalue weighted by Crippen LogP contribution is -2.34. The molecule has 0 aromatic heterocycles. The fourth-order valence-corrected chi connectivity index (χ4v) is 2.06. The zero-order valence-electron chi connectivity index (χ0n) is 9.15. The quantitative estimate of drug-likeness (QED) is 0.719. The Morgan fingerprint density at radius 3 is 2.71 bits per heavy atom. The summed E-state index contributed by atoms with van der Waals surface area (Å²) in [4.78, 5) is 0. The van der Waals surface area contributed by atoms with Gasteiger partial charge in [-0.25, -0.2) is 0 Å². The van der Waals surface area contributed by atoms with Crippen molar-refractivity contribution in [1.82, 2.24) is 0 Å². The number of aliphatic hydroxyl groups excluding tert-OH is 2. The lowest BCUT2D eigenvalue weighted by atomic mass is 9.79. The smallest absolute Gasteiger partial charge is 0.100 e. The van der Waals surface area contributed by atoms with Gasteiger partial charge < -0.3 is 14.9 Å². The number of hydrogen-bond donors (Lipinski definition) is 2. The van der Waals surface area contributed by atoms with Gasteiger partial charge in [0.25, 0.3) is 0 Å². The summed E-state index contributed by atoms with van der Waals surface area (Å²) in [6.45, 7) is 4.51. The van der Waals surface area contributed by atoms with E-state index in [9.17, 15) is 0 Å². The predicted octanol–water partition coefficient (Wildman–Crippen LogP) is 1.18. The Hall–Kier alpha value is -0.120. The van der Waals surface area contributed by atoms with Gasteiger partial charge in [0.2, 0.25) is 0 Å². The third kappa shape index (κ3) is 3.23. The van der Waals surface area contributed by atoms with Crippen molar-refractivity contribution in [2.45, 2.75) is 45.3 Å². The van der Waals surface area contributed by atoms with Crippen LogP contribution in [0.2, 0.25) is 0 Å². The van der Waals surface area contributed by atoms with Crippen LogP contribution in [-0.4, -0.2) is 35.6 Å². The van der Waals surface area contributed by atoms with E-state index >= 15 is 0 Å². The Labute approximate surface area is 86.1 Å². The van der Waals surface area contributed by atoms with E-state index in [1.54, 1.807) is 0 Å². The fraction of sp³-hybridized carbons (Fsp3) is 1.00. The average molecular weight is 202 g/mol. The molecule has 0 heterocycles. The van der Waals surface area contributed by atoms with Gasteiger partial charge in [0.15, 0.2) is 0 Å². The molecule has 1 aliphatic carbocycles. The molecule has 84 valence electrons. The molecule has 0 aromatic carbocycles. The van der Waals surface area contributed by atoms with Crippen LogP contribution in [0.25, 0.3) is 0 Å². The highest BCUT2D eigenvalue weighted by atomic mass is 16.5. The third-order valence-corrected chi connectivity index (χ3v) is 3.35. The number of rotatable bonds is 4. The van der Waals surface area contributed by atoms with Crippen molar-refractivity contribution in [3.8, 4) is 0 Å². The van der Waals surface area contributed by atoms with Crippen molar-refractivity contribution < 1.29 is 14.9 Å². The van der Waals surface area contributed by atoms with Crippen LogP contribution in [0, 0.1) is 11.8 Å². The van der Waals surface area contributed by atoms with Crippen LogP contribution in [-0.2, 0) is 4.74 Å². The Morgan fingerprint density at radius 1 is 1.36 bits per heavy atom. The van der Waals surface area contributed by atoms with Crippen molar-refractivity contribution in [1.29, 1.82) is 0 Å². The minimum atomic E-state index is -0.723. The fourth-order valence-electron chi connectivity index (χ4n) is 2.06. The Kier molecular flexibility index (Phi) is 4.85. The highest BCUT2D eigenvalue weighted by Crippen LogP contribution is 2.31. The number of ether oxygens (including phenoxy) is 1. The number of aliphatic hydroxyl groups is 2. The van der Waals surface area contributed by atoms with Crippen LogP contribution < -0.4 is 0 Å². The molecule has 0 spiro atoms. The summed E-state index contributed by atoms with van der Waals surface area (Å²) in [5, 5.41) is 17.8. The van der Waals surface area contributed by atoms with Crippen molar-refractivity contribution in [3.63, 3.8) is 0 Å². The van der Waals surface area contributed by atoms with Gasteiger partial charge in [-0.15, -0.1) is 0 Å².